The molecule has 1 aromatic carbocycles. The molecule has 0 atom stereocenters. The van der Waals surface area contributed by atoms with Gasteiger partial charge in [0, 0.05) is 51.1 Å². The number of amides is 2. The number of halogens is 3. The van der Waals surface area contributed by atoms with Crippen LogP contribution in [0.15, 0.2) is 54.9 Å². The molecule has 2 heterocycles. The molecule has 1 saturated heterocycles. The van der Waals surface area contributed by atoms with Crippen LogP contribution in [-0.4, -0.2) is 46.2 Å². The minimum Gasteiger partial charge on any atom is -0.337 e. The third kappa shape index (κ3) is 5.43. The lowest BCUT2D eigenvalue weighted by Gasteiger charge is -2.23. The summed E-state index contributed by atoms with van der Waals surface area (Å²) in [5, 5.41) is 0. The topological polar surface area (TPSA) is 53.5 Å². The van der Waals surface area contributed by atoms with E-state index in [-0.39, 0.29) is 50.0 Å². The van der Waals surface area contributed by atoms with Crippen LogP contribution in [0.4, 0.5) is 13.2 Å². The number of alkyl halides is 3. The normalized spacial score (nSPS) is 15.6. The van der Waals surface area contributed by atoms with E-state index in [1.807, 2.05) is 6.07 Å². The van der Waals surface area contributed by atoms with E-state index in [1.165, 1.54) is 34.1 Å². The van der Waals surface area contributed by atoms with E-state index < -0.39 is 11.7 Å². The highest BCUT2D eigenvalue weighted by molar-refractivity contribution is 5.92. The highest BCUT2D eigenvalue weighted by Gasteiger charge is 2.34. The van der Waals surface area contributed by atoms with Crippen LogP contribution in [0.1, 0.15) is 23.1 Å². The van der Waals surface area contributed by atoms with Crippen molar-refractivity contribution in [1.82, 2.24) is 14.8 Å². The van der Waals surface area contributed by atoms with E-state index in [0.717, 1.165) is 11.6 Å². The maximum absolute atomic E-state index is 13.2. The fourth-order valence-corrected chi connectivity index (χ4v) is 3.14. The lowest BCUT2D eigenvalue weighted by atomic mass is 10.1. The zero-order chi connectivity index (χ0) is 20.9. The fourth-order valence-electron chi connectivity index (χ4n) is 3.14. The van der Waals surface area contributed by atoms with Gasteiger partial charge in [-0.2, -0.15) is 13.2 Å². The van der Waals surface area contributed by atoms with Crippen molar-refractivity contribution in [2.45, 2.75) is 19.1 Å². The Morgan fingerprint density at radius 2 is 1.90 bits per heavy atom. The molecule has 2 amide bonds. The second-order valence-corrected chi connectivity index (χ2v) is 6.67. The molecule has 0 unspecified atom stereocenters. The number of carbonyl (C=O) groups excluding carboxylic acids is 2. The first kappa shape index (κ1) is 20.6. The van der Waals surface area contributed by atoms with Gasteiger partial charge in [0.15, 0.2) is 0 Å². The molecule has 0 spiro atoms. The quantitative estimate of drug-likeness (QED) is 0.736. The second-order valence-electron chi connectivity index (χ2n) is 6.67. The summed E-state index contributed by atoms with van der Waals surface area (Å²) in [7, 11) is 0. The molecular weight excluding hydrogens is 383 g/mol. The van der Waals surface area contributed by atoms with E-state index in [2.05, 4.69) is 4.98 Å². The van der Waals surface area contributed by atoms with Gasteiger partial charge in [-0.05, 0) is 29.3 Å². The predicted molar refractivity (Wildman–Crippen MR) is 101 cm³/mol. The molecule has 1 aliphatic rings. The van der Waals surface area contributed by atoms with Crippen molar-refractivity contribution in [2.75, 3.05) is 19.6 Å². The molecule has 2 aromatic rings. The Bertz CT molecular complexity index is 898. The van der Waals surface area contributed by atoms with E-state index in [0.29, 0.717) is 0 Å². The van der Waals surface area contributed by atoms with Crippen LogP contribution in [-0.2, 0) is 22.3 Å². The number of nitrogens with zero attached hydrogens (tertiary/aromatic N) is 3. The number of benzene rings is 1. The first-order chi connectivity index (χ1) is 13.8. The van der Waals surface area contributed by atoms with Crippen LogP contribution in [0.2, 0.25) is 0 Å². The number of pyridine rings is 1. The van der Waals surface area contributed by atoms with Gasteiger partial charge in [0.1, 0.15) is 0 Å². The molecule has 1 fully saturated rings. The summed E-state index contributed by atoms with van der Waals surface area (Å²) in [5.41, 5.74) is 0.0751. The highest BCUT2D eigenvalue weighted by Crippen LogP contribution is 2.32. The van der Waals surface area contributed by atoms with Crippen LogP contribution in [0, 0.1) is 0 Å². The van der Waals surface area contributed by atoms with Gasteiger partial charge in [-0.3, -0.25) is 14.6 Å². The smallest absolute Gasteiger partial charge is 0.337 e. The van der Waals surface area contributed by atoms with Crippen molar-refractivity contribution in [3.05, 3.63) is 71.6 Å². The predicted octanol–water partition coefficient (Wildman–Crippen LogP) is 3.37. The molecule has 0 bridgehead atoms. The van der Waals surface area contributed by atoms with E-state index in [4.69, 9.17) is 0 Å². The molecule has 0 saturated carbocycles. The number of hydrogen-bond donors (Lipinski definition) is 0. The number of rotatable bonds is 4. The van der Waals surface area contributed by atoms with Gasteiger partial charge < -0.3 is 9.80 Å². The van der Waals surface area contributed by atoms with Crippen molar-refractivity contribution in [2.24, 2.45) is 0 Å². The largest absolute Gasteiger partial charge is 0.416 e. The van der Waals surface area contributed by atoms with Gasteiger partial charge in [0.05, 0.1) is 5.56 Å². The molecule has 0 aliphatic carbocycles. The molecule has 1 aliphatic heterocycles. The molecule has 0 N–H and O–H groups in total. The second kappa shape index (κ2) is 8.89. The molecule has 3 rings (SSSR count). The third-order valence-electron chi connectivity index (χ3n) is 4.69. The van der Waals surface area contributed by atoms with E-state index >= 15 is 0 Å². The summed E-state index contributed by atoms with van der Waals surface area (Å²) in [6.45, 7) is 0.530. The lowest BCUT2D eigenvalue weighted by molar-refractivity contribution is -0.139. The fraction of sp³-hybridized carbons (Fsp3) is 0.286. The first-order valence-corrected chi connectivity index (χ1v) is 9.14. The maximum Gasteiger partial charge on any atom is 0.416 e. The van der Waals surface area contributed by atoms with Gasteiger partial charge in [-0.15, -0.1) is 0 Å². The van der Waals surface area contributed by atoms with Crippen LogP contribution >= 0.6 is 0 Å². The molecule has 8 heteroatoms. The van der Waals surface area contributed by atoms with Crippen LogP contribution < -0.4 is 0 Å². The molecule has 1 aromatic heterocycles. The summed E-state index contributed by atoms with van der Waals surface area (Å²) >= 11 is 0. The van der Waals surface area contributed by atoms with E-state index in [1.54, 1.807) is 24.5 Å². The van der Waals surface area contributed by atoms with Gasteiger partial charge in [0.2, 0.25) is 11.8 Å². The molecule has 5 nitrogen and oxygen atoms in total. The monoisotopic (exact) mass is 403 g/mol. The summed E-state index contributed by atoms with van der Waals surface area (Å²) in [4.78, 5) is 31.7. The number of hydrogen-bond acceptors (Lipinski definition) is 3. The third-order valence-corrected chi connectivity index (χ3v) is 4.69. The zero-order valence-corrected chi connectivity index (χ0v) is 15.6. The van der Waals surface area contributed by atoms with Crippen LogP contribution in [0.25, 0.3) is 6.08 Å². The van der Waals surface area contributed by atoms with Gasteiger partial charge in [-0.1, -0.05) is 24.3 Å². The first-order valence-electron chi connectivity index (χ1n) is 9.14. The van der Waals surface area contributed by atoms with Crippen molar-refractivity contribution in [1.29, 1.82) is 0 Å². The van der Waals surface area contributed by atoms with Gasteiger partial charge in [0.25, 0.3) is 0 Å². The highest BCUT2D eigenvalue weighted by atomic mass is 19.4. The molecule has 29 heavy (non-hydrogen) atoms. The SMILES string of the molecule is O=C(/C=C/c1cccnc1)N1CCC(=O)N(Cc2ccccc2C(F)(F)F)CC1. The summed E-state index contributed by atoms with van der Waals surface area (Å²) in [6, 6.07) is 8.79. The standard InChI is InChI=1S/C21H20F3N3O2/c22-21(23,24)18-6-2-1-5-17(18)15-27-13-12-26(11-9-20(27)29)19(28)8-7-16-4-3-10-25-14-16/h1-8,10,14H,9,11-13,15H2/b8-7+. The Kier molecular flexibility index (Phi) is 6.31. The molecule has 0 radical (unpaired) electrons. The maximum atomic E-state index is 13.2. The van der Waals surface area contributed by atoms with Crippen LogP contribution in [0.3, 0.4) is 0 Å². The molecule has 152 valence electrons. The Hall–Kier alpha value is -3.16. The van der Waals surface area contributed by atoms with Crippen molar-refractivity contribution >= 4 is 17.9 Å². The average Bonchev–Trinajstić information content (AvgIpc) is 2.88. The Morgan fingerprint density at radius 1 is 1.10 bits per heavy atom. The van der Waals surface area contributed by atoms with Gasteiger partial charge in [-0.25, -0.2) is 0 Å². The minimum atomic E-state index is -4.48. The lowest BCUT2D eigenvalue weighted by Crippen LogP contribution is -2.35. The van der Waals surface area contributed by atoms with Crippen LogP contribution in [0.5, 0.6) is 0 Å². The zero-order valence-electron chi connectivity index (χ0n) is 15.6. The van der Waals surface area contributed by atoms with Gasteiger partial charge >= 0.3 is 6.18 Å². The molecular formula is C21H20F3N3O2. The Balaban J connectivity index is 1.66. The Morgan fingerprint density at radius 3 is 2.62 bits per heavy atom. The number of carbonyl (C=O) groups is 2. The van der Waals surface area contributed by atoms with E-state index in [9.17, 15) is 22.8 Å². The summed E-state index contributed by atoms with van der Waals surface area (Å²) in [6.07, 6.45) is 1.89. The van der Waals surface area contributed by atoms with Crippen molar-refractivity contribution in [3.8, 4) is 0 Å². The average molecular weight is 403 g/mol. The summed E-state index contributed by atoms with van der Waals surface area (Å²) < 4.78 is 39.6. The summed E-state index contributed by atoms with van der Waals surface area (Å²) in [5.74, 6) is -0.521. The minimum absolute atomic E-state index is 0.0459. The van der Waals surface area contributed by atoms with Crippen molar-refractivity contribution < 1.29 is 22.8 Å². The number of aromatic nitrogens is 1. The van der Waals surface area contributed by atoms with Crippen molar-refractivity contribution in [3.63, 3.8) is 0 Å². The Labute approximate surface area is 166 Å².